The zero-order chi connectivity index (χ0) is 39.5. The van der Waals surface area contributed by atoms with Gasteiger partial charge in [0, 0.05) is 49.6 Å². The van der Waals surface area contributed by atoms with Gasteiger partial charge >= 0.3 is 0 Å². The molecule has 0 unspecified atom stereocenters. The molecule has 0 bridgehead atoms. The lowest BCUT2D eigenvalue weighted by Gasteiger charge is -2.12. The molecule has 0 radical (unpaired) electrons. The standard InChI is InChI=1S/C53H37N5S/c1-2-35-16-12-13-27-45(35)49-32-42-28-29-44(33-48(42)59-49)52-54-46(36-17-6-3-7-18-36)34-47(55-52)41-25-14-23-39(30-41)40-24-15-26-43(31-40)53-57-50(37-19-8-4-9-20-37)56-51(58-53)38-21-10-5-11-22-38/h2-31,33-34H,32H2,1H3/b35-2-,49-45+. The van der Waals surface area contributed by atoms with Gasteiger partial charge in [0.25, 0.3) is 0 Å². The van der Waals surface area contributed by atoms with Gasteiger partial charge in [-0.3, -0.25) is 0 Å². The highest BCUT2D eigenvalue weighted by Gasteiger charge is 2.20. The summed E-state index contributed by atoms with van der Waals surface area (Å²) in [6.07, 6.45) is 3.11. The molecule has 280 valence electrons. The number of nitrogens with zero attached hydrogens (tertiary/aromatic N) is 5. The number of aromatic nitrogens is 5. The van der Waals surface area contributed by atoms with E-state index in [0.29, 0.717) is 23.3 Å². The summed E-state index contributed by atoms with van der Waals surface area (Å²) < 4.78 is 0. The van der Waals surface area contributed by atoms with E-state index in [-0.39, 0.29) is 0 Å². The van der Waals surface area contributed by atoms with Crippen LogP contribution in [0.4, 0.5) is 0 Å². The van der Waals surface area contributed by atoms with Crippen molar-refractivity contribution in [2.75, 3.05) is 0 Å². The summed E-state index contributed by atoms with van der Waals surface area (Å²) >= 11 is 1.86. The largest absolute Gasteiger partial charge is 0.228 e. The van der Waals surface area contributed by atoms with E-state index in [1.165, 1.54) is 25.8 Å². The minimum absolute atomic E-state index is 0.619. The fourth-order valence-corrected chi connectivity index (χ4v) is 8.79. The molecule has 0 fully saturated rings. The highest BCUT2D eigenvalue weighted by molar-refractivity contribution is 8.08. The van der Waals surface area contributed by atoms with E-state index in [9.17, 15) is 0 Å². The van der Waals surface area contributed by atoms with Crippen LogP contribution in [-0.4, -0.2) is 24.9 Å². The van der Waals surface area contributed by atoms with E-state index in [1.807, 2.05) is 78.5 Å². The first-order valence-electron chi connectivity index (χ1n) is 19.7. The predicted octanol–water partition coefficient (Wildman–Crippen LogP) is 11.6. The minimum Gasteiger partial charge on any atom is -0.228 e. The summed E-state index contributed by atoms with van der Waals surface area (Å²) in [7, 11) is 0. The third-order valence-electron chi connectivity index (χ3n) is 10.6. The Bertz CT molecular complexity index is 3060. The molecule has 0 spiro atoms. The van der Waals surface area contributed by atoms with Crippen LogP contribution < -0.4 is 10.4 Å². The van der Waals surface area contributed by atoms with Gasteiger partial charge in [0.15, 0.2) is 23.3 Å². The number of fused-ring (bicyclic) bond motifs is 1. The van der Waals surface area contributed by atoms with E-state index in [4.69, 9.17) is 24.9 Å². The SMILES string of the molecule is C/C=c1/cccc/c1=C1/Cc2ccc(-c3nc(-c4ccccc4)cc(-c4cccc(-c5cccc(-c6nc(-c7ccccc7)nc(-c7ccccc7)n6)c5)c4)n3)cc2S1. The fraction of sp³-hybridized carbons (Fsp3) is 0.0377. The first-order chi connectivity index (χ1) is 29.1. The van der Waals surface area contributed by atoms with Gasteiger partial charge in [-0.2, -0.15) is 0 Å². The Morgan fingerprint density at radius 3 is 1.51 bits per heavy atom. The summed E-state index contributed by atoms with van der Waals surface area (Å²) in [4.78, 5) is 27.9. The van der Waals surface area contributed by atoms with Crippen molar-refractivity contribution in [2.24, 2.45) is 0 Å². The molecule has 0 saturated carbocycles. The maximum Gasteiger partial charge on any atom is 0.164 e. The third-order valence-corrected chi connectivity index (χ3v) is 11.8. The van der Waals surface area contributed by atoms with Crippen LogP contribution in [0.25, 0.3) is 90.2 Å². The molecule has 0 atom stereocenters. The molecule has 1 aliphatic heterocycles. The Kier molecular flexibility index (Phi) is 9.74. The average Bonchev–Trinajstić information content (AvgIpc) is 3.76. The lowest BCUT2D eigenvalue weighted by atomic mass is 9.99. The molecule has 5 nitrogen and oxygen atoms in total. The molecule has 0 aliphatic carbocycles. The molecule has 0 amide bonds. The highest BCUT2D eigenvalue weighted by atomic mass is 32.2. The number of benzene rings is 7. The van der Waals surface area contributed by atoms with E-state index in [1.54, 1.807) is 0 Å². The predicted molar refractivity (Wildman–Crippen MR) is 242 cm³/mol. The van der Waals surface area contributed by atoms with Crippen molar-refractivity contribution in [2.45, 2.75) is 18.2 Å². The highest BCUT2D eigenvalue weighted by Crippen LogP contribution is 2.42. The Morgan fingerprint density at radius 2 is 0.864 bits per heavy atom. The van der Waals surface area contributed by atoms with Gasteiger partial charge in [0.2, 0.25) is 0 Å². The fourth-order valence-electron chi connectivity index (χ4n) is 7.54. The Labute approximate surface area is 347 Å². The number of thioether (sulfide) groups is 1. The van der Waals surface area contributed by atoms with Crippen molar-refractivity contribution in [3.8, 4) is 79.2 Å². The van der Waals surface area contributed by atoms with Crippen LogP contribution in [0.2, 0.25) is 0 Å². The second-order valence-corrected chi connectivity index (χ2v) is 15.6. The maximum absolute atomic E-state index is 5.25. The molecular formula is C53H37N5S. The lowest BCUT2D eigenvalue weighted by molar-refractivity contribution is 1.07. The first kappa shape index (κ1) is 36.1. The van der Waals surface area contributed by atoms with Gasteiger partial charge in [0.05, 0.1) is 11.4 Å². The van der Waals surface area contributed by atoms with Crippen molar-refractivity contribution in [1.29, 1.82) is 0 Å². The molecule has 9 aromatic rings. The topological polar surface area (TPSA) is 64.5 Å². The molecule has 0 N–H and O–H groups in total. The van der Waals surface area contributed by atoms with Gasteiger partial charge in [-0.05, 0) is 58.3 Å². The van der Waals surface area contributed by atoms with E-state index >= 15 is 0 Å². The molecule has 10 rings (SSSR count). The van der Waals surface area contributed by atoms with Gasteiger partial charge < -0.3 is 0 Å². The monoisotopic (exact) mass is 775 g/mol. The Morgan fingerprint density at radius 1 is 0.390 bits per heavy atom. The van der Waals surface area contributed by atoms with E-state index < -0.39 is 0 Å². The van der Waals surface area contributed by atoms with Crippen molar-refractivity contribution in [3.05, 3.63) is 204 Å². The van der Waals surface area contributed by atoms with Gasteiger partial charge in [0.1, 0.15) is 0 Å². The van der Waals surface area contributed by atoms with E-state index in [2.05, 4.69) is 134 Å². The van der Waals surface area contributed by atoms with Gasteiger partial charge in [-0.1, -0.05) is 182 Å². The molecule has 59 heavy (non-hydrogen) atoms. The van der Waals surface area contributed by atoms with Gasteiger partial charge in [-0.25, -0.2) is 24.9 Å². The number of hydrogen-bond acceptors (Lipinski definition) is 6. The van der Waals surface area contributed by atoms with Crippen LogP contribution in [0.15, 0.2) is 193 Å². The molecule has 6 heteroatoms. The third kappa shape index (κ3) is 7.50. The average molecular weight is 776 g/mol. The quantitative estimate of drug-likeness (QED) is 0.161. The zero-order valence-electron chi connectivity index (χ0n) is 32.3. The van der Waals surface area contributed by atoms with Crippen molar-refractivity contribution < 1.29 is 0 Å². The molecule has 1 aliphatic rings. The summed E-state index contributed by atoms with van der Waals surface area (Å²) in [5, 5.41) is 2.57. The van der Waals surface area contributed by atoms with Crippen LogP contribution in [0.3, 0.4) is 0 Å². The normalized spacial score (nSPS) is 13.3. The van der Waals surface area contributed by atoms with Crippen LogP contribution in [0.5, 0.6) is 0 Å². The molecule has 0 saturated heterocycles. The van der Waals surface area contributed by atoms with Crippen LogP contribution in [0, 0.1) is 0 Å². The Balaban J connectivity index is 1.03. The first-order valence-corrected chi connectivity index (χ1v) is 20.6. The second kappa shape index (κ2) is 15.9. The molecule has 3 heterocycles. The molecule has 7 aromatic carbocycles. The van der Waals surface area contributed by atoms with Gasteiger partial charge in [-0.15, -0.1) is 0 Å². The summed E-state index contributed by atoms with van der Waals surface area (Å²) in [6, 6.07) is 64.9. The minimum atomic E-state index is 0.619. The summed E-state index contributed by atoms with van der Waals surface area (Å²) in [5.41, 5.74) is 11.0. The molecule has 2 aromatic heterocycles. The smallest absolute Gasteiger partial charge is 0.164 e. The maximum atomic E-state index is 5.25. The van der Waals surface area contributed by atoms with Crippen LogP contribution >= 0.6 is 11.8 Å². The summed E-state index contributed by atoms with van der Waals surface area (Å²) in [5.74, 6) is 2.59. The van der Waals surface area contributed by atoms with Crippen LogP contribution in [0.1, 0.15) is 12.5 Å². The molecular weight excluding hydrogens is 739 g/mol. The van der Waals surface area contributed by atoms with Crippen molar-refractivity contribution in [1.82, 2.24) is 24.9 Å². The summed E-state index contributed by atoms with van der Waals surface area (Å²) in [6.45, 7) is 2.10. The lowest BCUT2D eigenvalue weighted by Crippen LogP contribution is -2.25. The zero-order valence-corrected chi connectivity index (χ0v) is 33.1. The van der Waals surface area contributed by atoms with E-state index in [0.717, 1.165) is 62.3 Å². The number of hydrogen-bond donors (Lipinski definition) is 0. The second-order valence-electron chi connectivity index (χ2n) is 14.4. The number of rotatable bonds is 7. The van der Waals surface area contributed by atoms with Crippen molar-refractivity contribution >= 4 is 22.7 Å². The van der Waals surface area contributed by atoms with Crippen LogP contribution in [-0.2, 0) is 6.42 Å². The van der Waals surface area contributed by atoms with Crippen molar-refractivity contribution in [3.63, 3.8) is 0 Å². The Hall–Kier alpha value is -7.28.